The molecule has 0 aromatic carbocycles. The maximum atomic E-state index is 4.99. The average molecular weight is 115 g/mol. The van der Waals surface area contributed by atoms with Crippen LogP contribution in [0, 0.1) is 0 Å². The van der Waals surface area contributed by atoms with Crippen molar-refractivity contribution in [3.05, 3.63) is 0 Å². The molecule has 0 aromatic heterocycles. The fourth-order valence-electron chi connectivity index (χ4n) is 0.352. The summed E-state index contributed by atoms with van der Waals surface area (Å²) in [5.41, 5.74) is 0. The van der Waals surface area contributed by atoms with E-state index in [1.54, 1.807) is 6.21 Å². The van der Waals surface area contributed by atoms with Gasteiger partial charge in [-0.3, -0.25) is 4.99 Å². The van der Waals surface area contributed by atoms with Crippen molar-refractivity contribution in [1.82, 2.24) is 0 Å². The van der Waals surface area contributed by atoms with Gasteiger partial charge in [0.05, 0.1) is 6.61 Å². The van der Waals surface area contributed by atoms with Crippen molar-refractivity contribution in [3.8, 4) is 0 Å². The Bertz CT molecular complexity index is 61.5. The zero-order valence-electron chi connectivity index (χ0n) is 5.55. The lowest BCUT2D eigenvalue weighted by Gasteiger charge is -1.90. The Kier molecular flexibility index (Phi) is 6.32. The lowest BCUT2D eigenvalue weighted by molar-refractivity contribution is 0.190. The molecular weight excluding hydrogens is 102 g/mol. The van der Waals surface area contributed by atoms with Gasteiger partial charge in [0.2, 0.25) is 0 Å². The van der Waals surface area contributed by atoms with Crippen LogP contribution in [0.4, 0.5) is 0 Å². The van der Waals surface area contributed by atoms with Crippen molar-refractivity contribution in [2.75, 3.05) is 19.8 Å². The van der Waals surface area contributed by atoms with Crippen molar-refractivity contribution in [1.29, 1.82) is 0 Å². The van der Waals surface area contributed by atoms with E-state index >= 15 is 0 Å². The van der Waals surface area contributed by atoms with Crippen molar-refractivity contribution in [2.45, 2.75) is 13.8 Å². The van der Waals surface area contributed by atoms with Crippen LogP contribution in [-0.4, -0.2) is 26.0 Å². The molecule has 0 radical (unpaired) electrons. The fraction of sp³-hybridized carbons (Fsp3) is 0.833. The summed E-state index contributed by atoms with van der Waals surface area (Å²) in [4.78, 5) is 3.96. The molecule has 0 saturated heterocycles. The monoisotopic (exact) mass is 115 g/mol. The van der Waals surface area contributed by atoms with E-state index in [-0.39, 0.29) is 0 Å². The summed E-state index contributed by atoms with van der Waals surface area (Å²) in [6, 6.07) is 0. The van der Waals surface area contributed by atoms with Crippen molar-refractivity contribution in [3.63, 3.8) is 0 Å². The average Bonchev–Trinajstić information content (AvgIpc) is 1.81. The SMILES string of the molecule is CCN=CCOCC. The minimum atomic E-state index is 0.657. The summed E-state index contributed by atoms with van der Waals surface area (Å²) in [5.74, 6) is 0. The molecule has 0 aromatic rings. The zero-order chi connectivity index (χ0) is 6.24. The molecule has 0 spiro atoms. The molecular formula is C6H13NO. The highest BCUT2D eigenvalue weighted by molar-refractivity contribution is 5.58. The first-order valence-electron chi connectivity index (χ1n) is 2.97. The maximum absolute atomic E-state index is 4.99. The third kappa shape index (κ3) is 5.63. The van der Waals surface area contributed by atoms with Gasteiger partial charge in [-0.1, -0.05) is 0 Å². The minimum Gasteiger partial charge on any atom is -0.376 e. The second-order valence-corrected chi connectivity index (χ2v) is 1.34. The molecule has 0 amide bonds. The summed E-state index contributed by atoms with van der Waals surface area (Å²) >= 11 is 0. The number of hydrogen-bond acceptors (Lipinski definition) is 2. The van der Waals surface area contributed by atoms with Gasteiger partial charge in [-0.15, -0.1) is 0 Å². The molecule has 8 heavy (non-hydrogen) atoms. The number of rotatable bonds is 4. The smallest absolute Gasteiger partial charge is 0.0814 e. The summed E-state index contributed by atoms with van der Waals surface area (Å²) < 4.78 is 4.99. The summed E-state index contributed by atoms with van der Waals surface area (Å²) in [5, 5.41) is 0. The molecule has 0 atom stereocenters. The van der Waals surface area contributed by atoms with E-state index < -0.39 is 0 Å². The lowest BCUT2D eigenvalue weighted by atomic mass is 10.7. The van der Waals surface area contributed by atoms with Crippen molar-refractivity contribution < 1.29 is 4.74 Å². The van der Waals surface area contributed by atoms with Gasteiger partial charge in [0.25, 0.3) is 0 Å². The Labute approximate surface area is 50.6 Å². The predicted octanol–water partition coefficient (Wildman–Crippen LogP) is 1.11. The number of aliphatic imine (C=N–C) groups is 1. The fourth-order valence-corrected chi connectivity index (χ4v) is 0.352. The zero-order valence-corrected chi connectivity index (χ0v) is 5.55. The van der Waals surface area contributed by atoms with Crippen LogP contribution >= 0.6 is 0 Å². The molecule has 48 valence electrons. The normalized spacial score (nSPS) is 10.8. The third-order valence-corrected chi connectivity index (χ3v) is 0.708. The molecule has 0 rings (SSSR count). The van der Waals surface area contributed by atoms with E-state index in [0.717, 1.165) is 13.2 Å². The molecule has 0 aliphatic carbocycles. The van der Waals surface area contributed by atoms with Crippen LogP contribution in [-0.2, 0) is 4.74 Å². The van der Waals surface area contributed by atoms with E-state index in [1.165, 1.54) is 0 Å². The molecule has 0 heterocycles. The van der Waals surface area contributed by atoms with Crippen molar-refractivity contribution in [2.24, 2.45) is 4.99 Å². The molecule has 0 aliphatic rings. The Morgan fingerprint density at radius 1 is 1.50 bits per heavy atom. The lowest BCUT2D eigenvalue weighted by Crippen LogP contribution is -1.93. The Hall–Kier alpha value is -0.370. The minimum absolute atomic E-state index is 0.657. The molecule has 2 heteroatoms. The molecule has 0 bridgehead atoms. The van der Waals surface area contributed by atoms with Crippen LogP contribution in [0.3, 0.4) is 0 Å². The van der Waals surface area contributed by atoms with Gasteiger partial charge < -0.3 is 4.74 Å². The van der Waals surface area contributed by atoms with Gasteiger partial charge in [0.15, 0.2) is 0 Å². The number of nitrogens with zero attached hydrogens (tertiary/aromatic N) is 1. The number of hydrogen-bond donors (Lipinski definition) is 0. The maximum Gasteiger partial charge on any atom is 0.0814 e. The first-order valence-corrected chi connectivity index (χ1v) is 2.97. The quantitative estimate of drug-likeness (QED) is 0.397. The van der Waals surface area contributed by atoms with E-state index in [1.807, 2.05) is 13.8 Å². The van der Waals surface area contributed by atoms with Crippen LogP contribution in [0.2, 0.25) is 0 Å². The van der Waals surface area contributed by atoms with Gasteiger partial charge in [0.1, 0.15) is 0 Å². The standard InChI is InChI=1S/C6H13NO/c1-3-7-5-6-8-4-2/h5H,3-4,6H2,1-2H3. The van der Waals surface area contributed by atoms with E-state index in [9.17, 15) is 0 Å². The van der Waals surface area contributed by atoms with E-state index in [4.69, 9.17) is 4.74 Å². The molecule has 0 N–H and O–H groups in total. The molecule has 0 unspecified atom stereocenters. The van der Waals surface area contributed by atoms with Crippen LogP contribution in [0.1, 0.15) is 13.8 Å². The van der Waals surface area contributed by atoms with Crippen LogP contribution in [0.25, 0.3) is 0 Å². The van der Waals surface area contributed by atoms with Crippen molar-refractivity contribution >= 4 is 6.21 Å². The summed E-state index contributed by atoms with van der Waals surface area (Å²) in [7, 11) is 0. The Balaban J connectivity index is 2.80. The third-order valence-electron chi connectivity index (χ3n) is 0.708. The highest BCUT2D eigenvalue weighted by Crippen LogP contribution is 1.68. The highest BCUT2D eigenvalue weighted by Gasteiger charge is 1.72. The van der Waals surface area contributed by atoms with E-state index in [0.29, 0.717) is 6.61 Å². The van der Waals surface area contributed by atoms with Gasteiger partial charge in [-0.05, 0) is 13.8 Å². The van der Waals surface area contributed by atoms with Crippen LogP contribution < -0.4 is 0 Å². The van der Waals surface area contributed by atoms with Gasteiger partial charge >= 0.3 is 0 Å². The predicted molar refractivity (Wildman–Crippen MR) is 35.5 cm³/mol. The molecule has 0 fully saturated rings. The van der Waals surface area contributed by atoms with Crippen LogP contribution in [0.5, 0.6) is 0 Å². The molecule has 0 aliphatic heterocycles. The highest BCUT2D eigenvalue weighted by atomic mass is 16.5. The first kappa shape index (κ1) is 7.63. The van der Waals surface area contributed by atoms with E-state index in [2.05, 4.69) is 4.99 Å². The van der Waals surface area contributed by atoms with Gasteiger partial charge in [0, 0.05) is 19.4 Å². The second kappa shape index (κ2) is 6.63. The topological polar surface area (TPSA) is 21.6 Å². The molecule has 0 saturated carbocycles. The van der Waals surface area contributed by atoms with Crippen LogP contribution in [0.15, 0.2) is 4.99 Å². The largest absolute Gasteiger partial charge is 0.376 e. The van der Waals surface area contributed by atoms with Gasteiger partial charge in [-0.2, -0.15) is 0 Å². The second-order valence-electron chi connectivity index (χ2n) is 1.34. The number of ether oxygens (including phenoxy) is 1. The Morgan fingerprint density at radius 2 is 2.25 bits per heavy atom. The summed E-state index contributed by atoms with van der Waals surface area (Å²) in [6.07, 6.45) is 1.80. The summed E-state index contributed by atoms with van der Waals surface area (Å²) in [6.45, 7) is 6.26. The first-order chi connectivity index (χ1) is 3.91. The van der Waals surface area contributed by atoms with Gasteiger partial charge in [-0.25, -0.2) is 0 Å². The Morgan fingerprint density at radius 3 is 2.75 bits per heavy atom. The molecule has 2 nitrogen and oxygen atoms in total.